The van der Waals surface area contributed by atoms with Gasteiger partial charge < -0.3 is 10.6 Å². The van der Waals surface area contributed by atoms with Crippen LogP contribution in [0.25, 0.3) is 0 Å². The zero-order valence-corrected chi connectivity index (χ0v) is 20.7. The van der Waals surface area contributed by atoms with Crippen molar-refractivity contribution in [3.63, 3.8) is 0 Å². The molecule has 0 bridgehead atoms. The van der Waals surface area contributed by atoms with Crippen LogP contribution in [0.3, 0.4) is 0 Å². The second-order valence-electron chi connectivity index (χ2n) is 8.75. The van der Waals surface area contributed by atoms with Crippen LogP contribution in [-0.2, 0) is 10.0 Å². The fraction of sp³-hybridized carbons (Fsp3) is 0.259. The van der Waals surface area contributed by atoms with E-state index in [2.05, 4.69) is 10.6 Å². The minimum absolute atomic E-state index is 0.144. The van der Waals surface area contributed by atoms with Crippen LogP contribution in [0.5, 0.6) is 0 Å². The SMILES string of the molecule is Cc1ccc(NC(=O)c2ccc(N3CCCCCS3(=O)=O)cc2C)cc1NC(=O)c1ccccc1. The Kier molecular flexibility index (Phi) is 7.21. The maximum atomic E-state index is 13.0. The normalized spacial score (nSPS) is 15.2. The van der Waals surface area contributed by atoms with Crippen LogP contribution in [-0.4, -0.2) is 32.5 Å². The molecule has 0 saturated carbocycles. The molecule has 0 aliphatic carbocycles. The van der Waals surface area contributed by atoms with Crippen LogP contribution in [0.1, 0.15) is 51.1 Å². The Morgan fingerprint density at radius 3 is 2.31 bits per heavy atom. The zero-order chi connectivity index (χ0) is 25.0. The minimum atomic E-state index is -3.35. The van der Waals surface area contributed by atoms with Gasteiger partial charge in [0.2, 0.25) is 10.0 Å². The summed E-state index contributed by atoms with van der Waals surface area (Å²) in [5.74, 6) is -0.394. The van der Waals surface area contributed by atoms with E-state index < -0.39 is 10.0 Å². The van der Waals surface area contributed by atoms with Crippen molar-refractivity contribution in [2.75, 3.05) is 27.2 Å². The molecule has 0 spiro atoms. The second kappa shape index (κ2) is 10.3. The van der Waals surface area contributed by atoms with Gasteiger partial charge in [-0.2, -0.15) is 0 Å². The van der Waals surface area contributed by atoms with Gasteiger partial charge in [0.15, 0.2) is 0 Å². The average Bonchev–Trinajstić information content (AvgIpc) is 3.01. The quantitative estimate of drug-likeness (QED) is 0.517. The van der Waals surface area contributed by atoms with Crippen LogP contribution in [0.4, 0.5) is 17.1 Å². The number of amides is 2. The zero-order valence-electron chi connectivity index (χ0n) is 19.9. The molecule has 1 heterocycles. The first-order valence-corrected chi connectivity index (χ1v) is 13.2. The maximum absolute atomic E-state index is 13.0. The molecule has 4 rings (SSSR count). The third-order valence-electron chi connectivity index (χ3n) is 6.12. The second-order valence-corrected chi connectivity index (χ2v) is 10.8. The number of rotatable bonds is 5. The molecule has 1 fully saturated rings. The van der Waals surface area contributed by atoms with Gasteiger partial charge in [-0.15, -0.1) is 0 Å². The highest BCUT2D eigenvalue weighted by molar-refractivity contribution is 7.92. The van der Waals surface area contributed by atoms with Crippen molar-refractivity contribution in [2.45, 2.75) is 33.1 Å². The molecular formula is C27H29N3O4S. The average molecular weight is 492 g/mol. The minimum Gasteiger partial charge on any atom is -0.322 e. The third-order valence-corrected chi connectivity index (χ3v) is 7.99. The molecule has 0 unspecified atom stereocenters. The van der Waals surface area contributed by atoms with Gasteiger partial charge in [0.1, 0.15) is 0 Å². The van der Waals surface area contributed by atoms with Crippen molar-refractivity contribution in [1.29, 1.82) is 0 Å². The molecule has 0 radical (unpaired) electrons. The van der Waals surface area contributed by atoms with Crippen molar-refractivity contribution in [3.8, 4) is 0 Å². The van der Waals surface area contributed by atoms with Crippen molar-refractivity contribution in [1.82, 2.24) is 0 Å². The fourth-order valence-electron chi connectivity index (χ4n) is 4.13. The number of sulfonamides is 1. The molecule has 1 aliphatic heterocycles. The molecule has 8 heteroatoms. The summed E-state index contributed by atoms with van der Waals surface area (Å²) in [5, 5.41) is 5.78. The molecular weight excluding hydrogens is 462 g/mol. The first-order chi connectivity index (χ1) is 16.7. The number of hydrogen-bond donors (Lipinski definition) is 2. The highest BCUT2D eigenvalue weighted by Gasteiger charge is 2.25. The van der Waals surface area contributed by atoms with E-state index in [0.29, 0.717) is 46.7 Å². The first-order valence-electron chi connectivity index (χ1n) is 11.6. The van der Waals surface area contributed by atoms with Gasteiger partial charge in [-0.1, -0.05) is 30.7 Å². The highest BCUT2D eigenvalue weighted by atomic mass is 32.2. The van der Waals surface area contributed by atoms with Gasteiger partial charge in [-0.25, -0.2) is 8.42 Å². The topological polar surface area (TPSA) is 95.6 Å². The van der Waals surface area contributed by atoms with Crippen LogP contribution in [0, 0.1) is 13.8 Å². The summed E-state index contributed by atoms with van der Waals surface area (Å²) in [6.45, 7) is 4.13. The van der Waals surface area contributed by atoms with E-state index in [9.17, 15) is 18.0 Å². The van der Waals surface area contributed by atoms with Gasteiger partial charge in [0, 0.05) is 29.0 Å². The Balaban J connectivity index is 1.51. The molecule has 0 aromatic heterocycles. The van der Waals surface area contributed by atoms with Crippen molar-refractivity contribution < 1.29 is 18.0 Å². The number of nitrogens with one attached hydrogen (secondary N) is 2. The summed E-state index contributed by atoms with van der Waals surface area (Å²) in [7, 11) is -3.35. The number of benzene rings is 3. The molecule has 0 atom stereocenters. The lowest BCUT2D eigenvalue weighted by Gasteiger charge is -2.23. The fourth-order valence-corrected chi connectivity index (χ4v) is 5.76. The van der Waals surface area contributed by atoms with E-state index in [0.717, 1.165) is 18.4 Å². The smallest absolute Gasteiger partial charge is 0.255 e. The predicted molar refractivity (Wildman–Crippen MR) is 140 cm³/mol. The van der Waals surface area contributed by atoms with Crippen LogP contribution in [0.15, 0.2) is 66.7 Å². The Labute approximate surface area is 206 Å². The lowest BCUT2D eigenvalue weighted by atomic mass is 10.1. The summed E-state index contributed by atoms with van der Waals surface area (Å²) in [6.07, 6.45) is 2.37. The van der Waals surface area contributed by atoms with Gasteiger partial charge in [0.05, 0.1) is 11.4 Å². The van der Waals surface area contributed by atoms with E-state index in [-0.39, 0.29) is 17.6 Å². The number of nitrogens with zero attached hydrogens (tertiary/aromatic N) is 1. The van der Waals surface area contributed by atoms with Crippen molar-refractivity contribution >= 4 is 38.9 Å². The summed E-state index contributed by atoms with van der Waals surface area (Å²) in [4.78, 5) is 25.6. The lowest BCUT2D eigenvalue weighted by molar-refractivity contribution is 0.101. The Morgan fingerprint density at radius 1 is 0.800 bits per heavy atom. The van der Waals surface area contributed by atoms with Crippen LogP contribution >= 0.6 is 0 Å². The molecule has 182 valence electrons. The predicted octanol–water partition coefficient (Wildman–Crippen LogP) is 5.13. The van der Waals surface area contributed by atoms with E-state index in [1.54, 1.807) is 61.5 Å². The Hall–Kier alpha value is -3.65. The molecule has 7 nitrogen and oxygen atoms in total. The number of hydrogen-bond acceptors (Lipinski definition) is 4. The summed E-state index contributed by atoms with van der Waals surface area (Å²) < 4.78 is 26.7. The van der Waals surface area contributed by atoms with Crippen molar-refractivity contribution in [2.24, 2.45) is 0 Å². The first kappa shape index (κ1) is 24.5. The van der Waals surface area contributed by atoms with E-state index in [1.165, 1.54) is 4.31 Å². The van der Waals surface area contributed by atoms with E-state index in [1.807, 2.05) is 19.1 Å². The van der Waals surface area contributed by atoms with Crippen molar-refractivity contribution in [3.05, 3.63) is 89.0 Å². The molecule has 3 aromatic rings. The summed E-state index contributed by atoms with van der Waals surface area (Å²) in [6, 6.07) is 19.3. The number of aryl methyl sites for hydroxylation is 2. The standard InChI is InChI=1S/C27H29N3O4S/c1-19-11-12-22(18-25(19)29-26(31)21-9-5-3-6-10-21)28-27(32)24-14-13-23(17-20(24)2)30-15-7-4-8-16-35(30,33)34/h3,5-6,9-14,17-18H,4,7-8,15-16H2,1-2H3,(H,28,32)(H,29,31). The lowest BCUT2D eigenvalue weighted by Crippen LogP contribution is -2.32. The number of anilines is 3. The van der Waals surface area contributed by atoms with Gasteiger partial charge in [-0.3, -0.25) is 13.9 Å². The molecule has 1 saturated heterocycles. The van der Waals surface area contributed by atoms with E-state index in [4.69, 9.17) is 0 Å². The maximum Gasteiger partial charge on any atom is 0.255 e. The molecule has 3 aromatic carbocycles. The van der Waals surface area contributed by atoms with Gasteiger partial charge in [-0.05, 0) is 80.3 Å². The highest BCUT2D eigenvalue weighted by Crippen LogP contribution is 2.27. The number of carbonyl (C=O) groups excluding carboxylic acids is 2. The summed E-state index contributed by atoms with van der Waals surface area (Å²) >= 11 is 0. The number of carbonyl (C=O) groups is 2. The largest absolute Gasteiger partial charge is 0.322 e. The van der Waals surface area contributed by atoms with Crippen LogP contribution in [0.2, 0.25) is 0 Å². The summed E-state index contributed by atoms with van der Waals surface area (Å²) in [5.41, 5.74) is 4.29. The van der Waals surface area contributed by atoms with Gasteiger partial charge in [0.25, 0.3) is 11.8 Å². The molecule has 35 heavy (non-hydrogen) atoms. The molecule has 2 amide bonds. The molecule has 1 aliphatic rings. The Bertz CT molecular complexity index is 1350. The third kappa shape index (κ3) is 5.71. The van der Waals surface area contributed by atoms with Gasteiger partial charge >= 0.3 is 0 Å². The van der Waals surface area contributed by atoms with Crippen LogP contribution < -0.4 is 14.9 Å². The monoisotopic (exact) mass is 491 g/mol. The Morgan fingerprint density at radius 2 is 1.57 bits per heavy atom. The van der Waals surface area contributed by atoms with E-state index >= 15 is 0 Å². The molecule has 2 N–H and O–H groups in total.